The lowest BCUT2D eigenvalue weighted by Crippen LogP contribution is -2.29. The fourth-order valence-electron chi connectivity index (χ4n) is 3.89. The van der Waals surface area contributed by atoms with Crippen LogP contribution in [0.3, 0.4) is 0 Å². The number of rotatable bonds is 3. The number of methoxy groups -OCH3 is 1. The van der Waals surface area contributed by atoms with Crippen molar-refractivity contribution >= 4 is 33.3 Å². The van der Waals surface area contributed by atoms with Crippen LogP contribution < -0.4 is 15.1 Å². The zero-order valence-corrected chi connectivity index (χ0v) is 17.4. The Morgan fingerprint density at radius 2 is 1.93 bits per heavy atom. The second-order valence-corrected chi connectivity index (χ2v) is 8.15. The van der Waals surface area contributed by atoms with Gasteiger partial charge in [0.25, 0.3) is 5.91 Å². The van der Waals surface area contributed by atoms with E-state index in [1.54, 1.807) is 18.7 Å². The Hall–Kier alpha value is -3.45. The Bertz CT molecular complexity index is 1360. The number of hydrogen-bond acceptors (Lipinski definition) is 6. The Morgan fingerprint density at radius 1 is 1.13 bits per heavy atom. The van der Waals surface area contributed by atoms with Gasteiger partial charge in [-0.25, -0.2) is 4.98 Å². The van der Waals surface area contributed by atoms with Crippen LogP contribution in [-0.2, 0) is 0 Å². The number of fused-ring (bicyclic) bond motifs is 2. The summed E-state index contributed by atoms with van der Waals surface area (Å²) in [6.07, 6.45) is 1.64. The van der Waals surface area contributed by atoms with Crippen LogP contribution in [0.1, 0.15) is 38.9 Å². The second-order valence-electron chi connectivity index (χ2n) is 7.28. The van der Waals surface area contributed by atoms with Gasteiger partial charge in [0, 0.05) is 11.6 Å². The van der Waals surface area contributed by atoms with Crippen molar-refractivity contribution in [1.82, 2.24) is 4.98 Å². The Labute approximate surface area is 176 Å². The molecule has 1 aliphatic heterocycles. The molecule has 150 valence electrons. The summed E-state index contributed by atoms with van der Waals surface area (Å²) in [4.78, 5) is 32.9. The summed E-state index contributed by atoms with van der Waals surface area (Å²) in [5, 5.41) is 2.78. The molecule has 1 amide bonds. The molecule has 2 aromatic carbocycles. The number of amides is 1. The van der Waals surface area contributed by atoms with Crippen molar-refractivity contribution in [1.29, 1.82) is 0 Å². The first-order chi connectivity index (χ1) is 14.5. The van der Waals surface area contributed by atoms with Crippen molar-refractivity contribution in [3.63, 3.8) is 0 Å². The third-order valence-corrected chi connectivity index (χ3v) is 6.29. The number of carbonyl (C=O) groups excluding carboxylic acids is 1. The zero-order chi connectivity index (χ0) is 21.0. The molecule has 1 unspecified atom stereocenters. The maximum absolute atomic E-state index is 13.6. The first-order valence-corrected chi connectivity index (χ1v) is 10.3. The number of aryl methyl sites for hydroxylation is 2. The Morgan fingerprint density at radius 3 is 2.67 bits per heavy atom. The highest BCUT2D eigenvalue weighted by atomic mass is 32.1. The van der Waals surface area contributed by atoms with Crippen LogP contribution >= 0.6 is 11.3 Å². The van der Waals surface area contributed by atoms with Crippen LogP contribution in [0.2, 0.25) is 0 Å². The molecule has 0 saturated heterocycles. The number of ether oxygens (including phenoxy) is 1. The molecule has 0 bridgehead atoms. The lowest BCUT2D eigenvalue weighted by Gasteiger charge is -2.22. The van der Waals surface area contributed by atoms with Gasteiger partial charge < -0.3 is 9.15 Å². The standard InChI is InChI=1S/C23H18N2O4S/c1-12-9-16-17(10-13(12)2)29-21-18(20(16)26)19(14-5-4-6-15(11-14)28-3)25(22(21)27)23-24-7-8-30-23/h4-11,19H,1-3H3. The number of nitrogens with zero attached hydrogens (tertiary/aromatic N) is 2. The van der Waals surface area contributed by atoms with Gasteiger partial charge in [0.15, 0.2) is 10.6 Å². The van der Waals surface area contributed by atoms with E-state index >= 15 is 0 Å². The molecule has 30 heavy (non-hydrogen) atoms. The molecule has 0 N–H and O–H groups in total. The quantitative estimate of drug-likeness (QED) is 0.485. The fourth-order valence-corrected chi connectivity index (χ4v) is 4.55. The first-order valence-electron chi connectivity index (χ1n) is 9.44. The lowest BCUT2D eigenvalue weighted by molar-refractivity contribution is 0.0971. The molecule has 0 aliphatic carbocycles. The minimum atomic E-state index is -0.643. The summed E-state index contributed by atoms with van der Waals surface area (Å²) in [5.41, 5.74) is 3.30. The highest BCUT2D eigenvalue weighted by Gasteiger charge is 2.44. The summed E-state index contributed by atoms with van der Waals surface area (Å²) in [5.74, 6) is 0.341. The van der Waals surface area contributed by atoms with Gasteiger partial charge in [-0.3, -0.25) is 14.5 Å². The zero-order valence-electron chi connectivity index (χ0n) is 16.6. The molecule has 1 atom stereocenters. The second kappa shape index (κ2) is 6.81. The number of aromatic nitrogens is 1. The van der Waals surface area contributed by atoms with E-state index in [1.807, 2.05) is 50.2 Å². The first kappa shape index (κ1) is 18.6. The topological polar surface area (TPSA) is 72.6 Å². The van der Waals surface area contributed by atoms with Gasteiger partial charge in [0.2, 0.25) is 5.76 Å². The van der Waals surface area contributed by atoms with Crippen molar-refractivity contribution in [2.45, 2.75) is 19.9 Å². The van der Waals surface area contributed by atoms with Gasteiger partial charge in [0.05, 0.1) is 24.1 Å². The molecule has 1 aliphatic rings. The van der Waals surface area contributed by atoms with Crippen LogP contribution in [0.5, 0.6) is 5.75 Å². The monoisotopic (exact) mass is 418 g/mol. The maximum atomic E-state index is 13.6. The molecule has 0 saturated carbocycles. The van der Waals surface area contributed by atoms with Gasteiger partial charge in [-0.1, -0.05) is 12.1 Å². The molecule has 3 heterocycles. The van der Waals surface area contributed by atoms with Crippen LogP contribution in [0, 0.1) is 13.8 Å². The van der Waals surface area contributed by atoms with Gasteiger partial charge >= 0.3 is 0 Å². The van der Waals surface area contributed by atoms with E-state index in [-0.39, 0.29) is 17.1 Å². The number of hydrogen-bond donors (Lipinski definition) is 0. The smallest absolute Gasteiger partial charge is 0.297 e. The van der Waals surface area contributed by atoms with Crippen LogP contribution in [-0.4, -0.2) is 18.0 Å². The number of anilines is 1. The third-order valence-electron chi connectivity index (χ3n) is 5.52. The van der Waals surface area contributed by atoms with Crippen molar-refractivity contribution in [2.24, 2.45) is 0 Å². The van der Waals surface area contributed by atoms with Crippen LogP contribution in [0.4, 0.5) is 5.13 Å². The van der Waals surface area contributed by atoms with Gasteiger partial charge in [-0.2, -0.15) is 0 Å². The summed E-state index contributed by atoms with van der Waals surface area (Å²) < 4.78 is 11.4. The highest BCUT2D eigenvalue weighted by Crippen LogP contribution is 2.42. The molecule has 6 nitrogen and oxygen atoms in total. The molecule has 0 radical (unpaired) electrons. The molecular weight excluding hydrogens is 400 g/mol. The van der Waals surface area contributed by atoms with Gasteiger partial charge in [0.1, 0.15) is 11.3 Å². The number of carbonyl (C=O) groups is 1. The van der Waals surface area contributed by atoms with Crippen molar-refractivity contribution < 1.29 is 13.9 Å². The van der Waals surface area contributed by atoms with Crippen molar-refractivity contribution in [3.8, 4) is 5.75 Å². The minimum absolute atomic E-state index is 0.0683. The third kappa shape index (κ3) is 2.66. The van der Waals surface area contributed by atoms with E-state index in [2.05, 4.69) is 4.98 Å². The number of benzene rings is 2. The summed E-state index contributed by atoms with van der Waals surface area (Å²) in [6, 6.07) is 10.4. The Balaban J connectivity index is 1.84. The van der Waals surface area contributed by atoms with Gasteiger partial charge in [-0.15, -0.1) is 11.3 Å². The summed E-state index contributed by atoms with van der Waals surface area (Å²) in [6.45, 7) is 3.90. The van der Waals surface area contributed by atoms with E-state index in [9.17, 15) is 9.59 Å². The number of thiazole rings is 1. The van der Waals surface area contributed by atoms with E-state index in [0.29, 0.717) is 27.4 Å². The van der Waals surface area contributed by atoms with Crippen LogP contribution in [0.15, 0.2) is 57.2 Å². The fraction of sp³-hybridized carbons (Fsp3) is 0.174. The minimum Gasteiger partial charge on any atom is -0.497 e. The summed E-state index contributed by atoms with van der Waals surface area (Å²) >= 11 is 1.34. The lowest BCUT2D eigenvalue weighted by atomic mass is 9.97. The predicted molar refractivity (Wildman–Crippen MR) is 116 cm³/mol. The highest BCUT2D eigenvalue weighted by molar-refractivity contribution is 7.13. The predicted octanol–water partition coefficient (Wildman–Crippen LogP) is 4.62. The molecule has 5 rings (SSSR count). The molecule has 0 fully saturated rings. The van der Waals surface area contributed by atoms with Crippen LogP contribution in [0.25, 0.3) is 11.0 Å². The molecule has 0 spiro atoms. The van der Waals surface area contributed by atoms with Crippen molar-refractivity contribution in [3.05, 3.63) is 86.2 Å². The maximum Gasteiger partial charge on any atom is 0.297 e. The largest absolute Gasteiger partial charge is 0.497 e. The molecular formula is C23H18N2O4S. The van der Waals surface area contributed by atoms with E-state index < -0.39 is 6.04 Å². The molecule has 4 aromatic rings. The Kier molecular flexibility index (Phi) is 4.22. The van der Waals surface area contributed by atoms with E-state index in [1.165, 1.54) is 16.2 Å². The molecule has 2 aromatic heterocycles. The SMILES string of the molecule is COc1cccc(C2c3c(oc4cc(C)c(C)cc4c3=O)C(=O)N2c2nccs2)c1. The van der Waals surface area contributed by atoms with Gasteiger partial charge in [-0.05, 0) is 54.8 Å². The average Bonchev–Trinajstić information content (AvgIpc) is 3.36. The summed E-state index contributed by atoms with van der Waals surface area (Å²) in [7, 11) is 1.58. The van der Waals surface area contributed by atoms with Crippen molar-refractivity contribution in [2.75, 3.05) is 12.0 Å². The average molecular weight is 418 g/mol. The normalized spacial score (nSPS) is 15.6. The van der Waals surface area contributed by atoms with E-state index in [0.717, 1.165) is 16.7 Å². The van der Waals surface area contributed by atoms with E-state index in [4.69, 9.17) is 9.15 Å². The molecule has 7 heteroatoms.